The number of aryl methyl sites for hydroxylation is 1. The van der Waals surface area contributed by atoms with Crippen LogP contribution in [0.2, 0.25) is 0 Å². The summed E-state index contributed by atoms with van der Waals surface area (Å²) in [7, 11) is 0. The number of hydrogen-bond donors (Lipinski definition) is 0. The summed E-state index contributed by atoms with van der Waals surface area (Å²) < 4.78 is 2.20. The minimum atomic E-state index is 0.148. The van der Waals surface area contributed by atoms with Gasteiger partial charge in [-0.2, -0.15) is 0 Å². The third-order valence-electron chi connectivity index (χ3n) is 5.54. The van der Waals surface area contributed by atoms with E-state index in [2.05, 4.69) is 74.4 Å². The van der Waals surface area contributed by atoms with Crippen molar-refractivity contribution < 1.29 is 4.79 Å². The first-order chi connectivity index (χ1) is 12.3. The maximum atomic E-state index is 12.9. The van der Waals surface area contributed by atoms with Crippen LogP contribution in [0, 0.1) is 13.8 Å². The number of hydrogen-bond acceptors (Lipinski definition) is 2. The van der Waals surface area contributed by atoms with Gasteiger partial charge < -0.3 is 4.57 Å². The molecule has 0 N–H and O–H groups in total. The van der Waals surface area contributed by atoms with Crippen LogP contribution in [0.4, 0.5) is 0 Å². The SMILES string of the molecule is Cc1cc(C(=O)CN2CCCCC2)c(C)n1-c1ccc(C(C)(C)C)cc1. The first-order valence-corrected chi connectivity index (χ1v) is 9.83. The Morgan fingerprint density at radius 3 is 2.19 bits per heavy atom. The fourth-order valence-corrected chi connectivity index (χ4v) is 3.96. The maximum Gasteiger partial charge on any atom is 0.178 e. The van der Waals surface area contributed by atoms with Gasteiger partial charge in [-0.05, 0) is 69.0 Å². The Labute approximate surface area is 158 Å². The molecule has 26 heavy (non-hydrogen) atoms. The molecule has 140 valence electrons. The van der Waals surface area contributed by atoms with E-state index in [-0.39, 0.29) is 11.2 Å². The summed E-state index contributed by atoms with van der Waals surface area (Å²) in [6.07, 6.45) is 3.72. The van der Waals surface area contributed by atoms with Crippen molar-refractivity contribution in [1.29, 1.82) is 0 Å². The van der Waals surface area contributed by atoms with Gasteiger partial charge in [-0.1, -0.05) is 39.3 Å². The van der Waals surface area contributed by atoms with Crippen LogP contribution in [0.1, 0.15) is 67.3 Å². The van der Waals surface area contributed by atoms with Gasteiger partial charge in [0.1, 0.15) is 0 Å². The lowest BCUT2D eigenvalue weighted by Crippen LogP contribution is -2.34. The second-order valence-corrected chi connectivity index (χ2v) is 8.68. The highest BCUT2D eigenvalue weighted by molar-refractivity contribution is 5.99. The van der Waals surface area contributed by atoms with Crippen LogP contribution in [0.3, 0.4) is 0 Å². The predicted octanol–water partition coefficient (Wildman–Crippen LogP) is 5.06. The quantitative estimate of drug-likeness (QED) is 0.719. The molecule has 1 saturated heterocycles. The highest BCUT2D eigenvalue weighted by Gasteiger charge is 2.20. The molecular weight excluding hydrogens is 320 g/mol. The molecule has 0 atom stereocenters. The Bertz CT molecular complexity index is 772. The van der Waals surface area contributed by atoms with Crippen LogP contribution in [0.25, 0.3) is 5.69 Å². The zero-order valence-corrected chi connectivity index (χ0v) is 16.9. The summed E-state index contributed by atoms with van der Waals surface area (Å²) >= 11 is 0. The molecule has 2 aromatic rings. The number of benzene rings is 1. The predicted molar refractivity (Wildman–Crippen MR) is 109 cm³/mol. The first-order valence-electron chi connectivity index (χ1n) is 9.83. The minimum absolute atomic E-state index is 0.148. The molecule has 0 amide bonds. The number of Topliss-reactive ketones (excluding diaryl/α,β-unsaturated/α-hetero) is 1. The Hall–Kier alpha value is -1.87. The second kappa shape index (κ2) is 7.40. The van der Waals surface area contributed by atoms with E-state index in [4.69, 9.17) is 0 Å². The van der Waals surface area contributed by atoms with Crippen molar-refractivity contribution in [2.75, 3.05) is 19.6 Å². The standard InChI is InChI=1S/C23H32N2O/c1-17-15-21(22(26)16-24-13-7-6-8-14-24)18(2)25(17)20-11-9-19(10-12-20)23(3,4)5/h9-12,15H,6-8,13-14,16H2,1-5H3. The zero-order chi connectivity index (χ0) is 18.9. The molecular formula is C23H32N2O. The van der Waals surface area contributed by atoms with Gasteiger partial charge in [-0.15, -0.1) is 0 Å². The molecule has 2 heterocycles. The monoisotopic (exact) mass is 352 g/mol. The van der Waals surface area contributed by atoms with E-state index in [1.54, 1.807) is 0 Å². The molecule has 0 unspecified atom stereocenters. The first kappa shape index (κ1) is 18.9. The number of aromatic nitrogens is 1. The van der Waals surface area contributed by atoms with Crippen molar-refractivity contribution in [2.24, 2.45) is 0 Å². The van der Waals surface area contributed by atoms with Crippen LogP contribution < -0.4 is 0 Å². The molecule has 0 bridgehead atoms. The number of carbonyl (C=O) groups excluding carboxylic acids is 1. The lowest BCUT2D eigenvalue weighted by atomic mass is 9.87. The summed E-state index contributed by atoms with van der Waals surface area (Å²) in [5.74, 6) is 0.248. The Kier molecular flexibility index (Phi) is 5.38. The Morgan fingerprint density at radius 1 is 1.00 bits per heavy atom. The number of carbonyl (C=O) groups is 1. The van der Waals surface area contributed by atoms with Gasteiger partial charge in [0.2, 0.25) is 0 Å². The van der Waals surface area contributed by atoms with E-state index < -0.39 is 0 Å². The topological polar surface area (TPSA) is 25.2 Å². The smallest absolute Gasteiger partial charge is 0.178 e. The number of likely N-dealkylation sites (tertiary alicyclic amines) is 1. The zero-order valence-electron chi connectivity index (χ0n) is 16.9. The summed E-state index contributed by atoms with van der Waals surface area (Å²) in [6, 6.07) is 10.8. The summed E-state index contributed by atoms with van der Waals surface area (Å²) in [5.41, 5.74) is 5.64. The van der Waals surface area contributed by atoms with Crippen molar-refractivity contribution >= 4 is 5.78 Å². The Morgan fingerprint density at radius 2 is 1.62 bits per heavy atom. The molecule has 1 aromatic heterocycles. The van der Waals surface area contributed by atoms with E-state index in [1.807, 2.05) is 0 Å². The van der Waals surface area contributed by atoms with Crippen molar-refractivity contribution in [3.8, 4) is 5.69 Å². The molecule has 1 aromatic carbocycles. The van der Waals surface area contributed by atoms with Crippen molar-refractivity contribution in [1.82, 2.24) is 9.47 Å². The van der Waals surface area contributed by atoms with Crippen LogP contribution in [0.5, 0.6) is 0 Å². The maximum absolute atomic E-state index is 12.9. The molecule has 3 heteroatoms. The number of rotatable bonds is 4. The van der Waals surface area contributed by atoms with Crippen molar-refractivity contribution in [3.63, 3.8) is 0 Å². The van der Waals surface area contributed by atoms with E-state index in [0.717, 1.165) is 35.7 Å². The normalized spacial score (nSPS) is 16.0. The van der Waals surface area contributed by atoms with Gasteiger partial charge >= 0.3 is 0 Å². The highest BCUT2D eigenvalue weighted by atomic mass is 16.1. The lowest BCUT2D eigenvalue weighted by molar-refractivity contribution is 0.0915. The highest BCUT2D eigenvalue weighted by Crippen LogP contribution is 2.26. The molecule has 1 aliphatic rings. The summed E-state index contributed by atoms with van der Waals surface area (Å²) in [5, 5.41) is 0. The second-order valence-electron chi connectivity index (χ2n) is 8.68. The van der Waals surface area contributed by atoms with Crippen LogP contribution >= 0.6 is 0 Å². The summed E-state index contributed by atoms with van der Waals surface area (Å²) in [4.78, 5) is 15.2. The molecule has 0 aliphatic carbocycles. The van der Waals surface area contributed by atoms with Gasteiger partial charge in [-0.3, -0.25) is 9.69 Å². The van der Waals surface area contributed by atoms with Crippen molar-refractivity contribution in [2.45, 2.75) is 59.3 Å². The fraction of sp³-hybridized carbons (Fsp3) is 0.522. The molecule has 1 fully saturated rings. The van der Waals surface area contributed by atoms with Gasteiger partial charge in [-0.25, -0.2) is 0 Å². The fourth-order valence-electron chi connectivity index (χ4n) is 3.96. The number of nitrogens with zero attached hydrogens (tertiary/aromatic N) is 2. The van der Waals surface area contributed by atoms with Gasteiger partial charge in [0.15, 0.2) is 5.78 Å². The number of piperidine rings is 1. The third-order valence-corrected chi connectivity index (χ3v) is 5.54. The van der Waals surface area contributed by atoms with Crippen LogP contribution in [-0.4, -0.2) is 34.9 Å². The molecule has 3 rings (SSSR count). The van der Waals surface area contributed by atoms with Gasteiger partial charge in [0.25, 0.3) is 0 Å². The van der Waals surface area contributed by atoms with E-state index in [0.29, 0.717) is 6.54 Å². The average Bonchev–Trinajstić information content (AvgIpc) is 2.90. The van der Waals surface area contributed by atoms with Crippen LogP contribution in [0.15, 0.2) is 30.3 Å². The molecule has 0 spiro atoms. The average molecular weight is 353 g/mol. The van der Waals surface area contributed by atoms with Crippen LogP contribution in [-0.2, 0) is 5.41 Å². The third kappa shape index (κ3) is 3.93. The molecule has 0 radical (unpaired) electrons. The number of ketones is 1. The minimum Gasteiger partial charge on any atom is -0.318 e. The Balaban J connectivity index is 1.84. The molecule has 1 aliphatic heterocycles. The van der Waals surface area contributed by atoms with Gasteiger partial charge in [0.05, 0.1) is 6.54 Å². The molecule has 3 nitrogen and oxygen atoms in total. The molecule has 0 saturated carbocycles. The summed E-state index contributed by atoms with van der Waals surface area (Å²) in [6.45, 7) is 13.5. The van der Waals surface area contributed by atoms with E-state index in [1.165, 1.54) is 24.8 Å². The largest absolute Gasteiger partial charge is 0.318 e. The van der Waals surface area contributed by atoms with Gasteiger partial charge in [0, 0.05) is 22.6 Å². The van der Waals surface area contributed by atoms with E-state index in [9.17, 15) is 4.79 Å². The van der Waals surface area contributed by atoms with E-state index >= 15 is 0 Å². The van der Waals surface area contributed by atoms with Crippen molar-refractivity contribution in [3.05, 3.63) is 52.8 Å². The lowest BCUT2D eigenvalue weighted by Gasteiger charge is -2.25.